The van der Waals surface area contributed by atoms with E-state index >= 15 is 0 Å². The van der Waals surface area contributed by atoms with Gasteiger partial charge < -0.3 is 15.0 Å². The van der Waals surface area contributed by atoms with Gasteiger partial charge in [-0.3, -0.25) is 9.59 Å². The summed E-state index contributed by atoms with van der Waals surface area (Å²) in [4.78, 5) is 24.7. The summed E-state index contributed by atoms with van der Waals surface area (Å²) in [7, 11) is 1.53. The van der Waals surface area contributed by atoms with Crippen LogP contribution in [0.25, 0.3) is 0 Å². The number of rotatable bonds is 6. The molecule has 0 aromatic heterocycles. The van der Waals surface area contributed by atoms with Gasteiger partial charge in [0.25, 0.3) is 0 Å². The predicted octanol–water partition coefficient (Wildman–Crippen LogP) is 2.54. The fourth-order valence-corrected chi connectivity index (χ4v) is 2.06. The fraction of sp³-hybridized carbons (Fsp3) is 0.467. The Kier molecular flexibility index (Phi) is 6.49. The number of nitrogens with one attached hydrogen (secondary N) is 1. The van der Waals surface area contributed by atoms with E-state index in [1.807, 2.05) is 13.0 Å². The zero-order valence-electron chi connectivity index (χ0n) is 12.8. The van der Waals surface area contributed by atoms with Crippen LogP contribution in [0.4, 0.5) is 5.69 Å². The van der Waals surface area contributed by atoms with Crippen LogP contribution in [0.15, 0.2) is 12.1 Å². The monoisotopic (exact) mass is 312 g/mol. The van der Waals surface area contributed by atoms with E-state index in [-0.39, 0.29) is 11.8 Å². The van der Waals surface area contributed by atoms with E-state index in [0.29, 0.717) is 36.0 Å². The van der Waals surface area contributed by atoms with Gasteiger partial charge in [-0.2, -0.15) is 0 Å². The third-order valence-corrected chi connectivity index (χ3v) is 3.52. The number of anilines is 1. The average Bonchev–Trinajstić information content (AvgIpc) is 2.45. The van der Waals surface area contributed by atoms with E-state index < -0.39 is 0 Å². The number of carbonyl (C=O) groups is 2. The minimum Gasteiger partial charge on any atom is -0.495 e. The van der Waals surface area contributed by atoms with E-state index in [1.54, 1.807) is 17.9 Å². The summed E-state index contributed by atoms with van der Waals surface area (Å²) in [6.07, 6.45) is 0.420. The Hall–Kier alpha value is -1.75. The van der Waals surface area contributed by atoms with Crippen molar-refractivity contribution in [1.82, 2.24) is 5.32 Å². The largest absolute Gasteiger partial charge is 0.495 e. The number of carbonyl (C=O) groups excluding carboxylic acids is 2. The van der Waals surface area contributed by atoms with Crippen molar-refractivity contribution < 1.29 is 14.3 Å². The van der Waals surface area contributed by atoms with Crippen LogP contribution in [0.2, 0.25) is 5.02 Å². The zero-order valence-corrected chi connectivity index (χ0v) is 13.6. The maximum Gasteiger partial charge on any atom is 0.224 e. The minimum atomic E-state index is -0.124. The first kappa shape index (κ1) is 17.3. The number of hydrogen-bond donors (Lipinski definition) is 1. The van der Waals surface area contributed by atoms with Crippen molar-refractivity contribution >= 4 is 29.1 Å². The molecule has 0 fully saturated rings. The molecule has 0 radical (unpaired) electrons. The molecule has 6 heteroatoms. The molecule has 0 spiro atoms. The summed E-state index contributed by atoms with van der Waals surface area (Å²) in [5.74, 6) is 0.362. The van der Waals surface area contributed by atoms with Crippen molar-refractivity contribution in [2.24, 2.45) is 0 Å². The molecule has 1 N–H and O–H groups in total. The molecular formula is C15H21ClN2O3. The van der Waals surface area contributed by atoms with Crippen LogP contribution in [-0.2, 0) is 9.59 Å². The molecule has 116 valence electrons. The van der Waals surface area contributed by atoms with E-state index in [2.05, 4.69) is 5.32 Å². The minimum absolute atomic E-state index is 0.0437. The molecule has 0 aliphatic carbocycles. The van der Waals surface area contributed by atoms with Crippen molar-refractivity contribution in [2.45, 2.75) is 27.2 Å². The predicted molar refractivity (Wildman–Crippen MR) is 84.1 cm³/mol. The second-order valence-corrected chi connectivity index (χ2v) is 5.05. The SMILES string of the molecule is CCC(=O)NCCN(C(C)=O)c1cc(C)c(Cl)cc1OC. The molecule has 0 saturated carbocycles. The van der Waals surface area contributed by atoms with Crippen molar-refractivity contribution in [3.8, 4) is 5.75 Å². The third-order valence-electron chi connectivity index (χ3n) is 3.11. The van der Waals surface area contributed by atoms with Crippen LogP contribution >= 0.6 is 11.6 Å². The topological polar surface area (TPSA) is 58.6 Å². The van der Waals surface area contributed by atoms with Crippen LogP contribution < -0.4 is 15.0 Å². The lowest BCUT2D eigenvalue weighted by molar-refractivity contribution is -0.121. The van der Waals surface area contributed by atoms with E-state index in [0.717, 1.165) is 5.56 Å². The Morgan fingerprint density at radius 2 is 2.05 bits per heavy atom. The quantitative estimate of drug-likeness (QED) is 0.878. The van der Waals surface area contributed by atoms with Crippen molar-refractivity contribution in [3.05, 3.63) is 22.7 Å². The van der Waals surface area contributed by atoms with Crippen LogP contribution in [0, 0.1) is 6.92 Å². The third kappa shape index (κ3) is 4.63. The Labute approximate surface area is 130 Å². The number of aryl methyl sites for hydroxylation is 1. The maximum absolute atomic E-state index is 11.9. The first-order valence-corrected chi connectivity index (χ1v) is 7.17. The highest BCUT2D eigenvalue weighted by Gasteiger charge is 2.17. The first-order chi connectivity index (χ1) is 9.90. The Bertz CT molecular complexity index is 532. The summed E-state index contributed by atoms with van der Waals surface area (Å²) in [5, 5.41) is 3.33. The zero-order chi connectivity index (χ0) is 16.0. The van der Waals surface area contributed by atoms with Gasteiger partial charge in [0.2, 0.25) is 11.8 Å². The van der Waals surface area contributed by atoms with Crippen LogP contribution in [0.5, 0.6) is 5.75 Å². The van der Waals surface area contributed by atoms with E-state index in [1.165, 1.54) is 14.0 Å². The lowest BCUT2D eigenvalue weighted by Crippen LogP contribution is -2.37. The van der Waals surface area contributed by atoms with Gasteiger partial charge >= 0.3 is 0 Å². The van der Waals surface area contributed by atoms with Crippen LogP contribution in [0.1, 0.15) is 25.8 Å². The highest BCUT2D eigenvalue weighted by molar-refractivity contribution is 6.31. The molecule has 0 aliphatic heterocycles. The standard InChI is InChI=1S/C15H21ClN2O3/c1-5-15(20)17-6-7-18(11(3)19)13-8-10(2)12(16)9-14(13)21-4/h8-9H,5-7H2,1-4H3,(H,17,20). The number of nitrogens with zero attached hydrogens (tertiary/aromatic N) is 1. The summed E-state index contributed by atoms with van der Waals surface area (Å²) in [6.45, 7) is 5.88. The molecule has 0 aliphatic rings. The molecule has 21 heavy (non-hydrogen) atoms. The van der Waals surface area contributed by atoms with Crippen molar-refractivity contribution in [1.29, 1.82) is 0 Å². The number of hydrogen-bond acceptors (Lipinski definition) is 3. The molecule has 0 unspecified atom stereocenters. The van der Waals surface area contributed by atoms with Gasteiger partial charge in [0.05, 0.1) is 12.8 Å². The van der Waals surface area contributed by atoms with Gasteiger partial charge in [-0.05, 0) is 18.6 Å². The number of ether oxygens (including phenoxy) is 1. The fourth-order valence-electron chi connectivity index (χ4n) is 1.90. The Balaban J connectivity index is 2.97. The first-order valence-electron chi connectivity index (χ1n) is 6.79. The lowest BCUT2D eigenvalue weighted by Gasteiger charge is -2.24. The summed E-state index contributed by atoms with van der Waals surface area (Å²) in [5.41, 5.74) is 1.51. The molecule has 0 heterocycles. The van der Waals surface area contributed by atoms with Gasteiger partial charge in [-0.15, -0.1) is 0 Å². The van der Waals surface area contributed by atoms with E-state index in [4.69, 9.17) is 16.3 Å². The summed E-state index contributed by atoms with van der Waals surface area (Å²) < 4.78 is 5.30. The summed E-state index contributed by atoms with van der Waals surface area (Å²) >= 11 is 6.07. The number of benzene rings is 1. The highest BCUT2D eigenvalue weighted by atomic mass is 35.5. The normalized spacial score (nSPS) is 10.1. The van der Waals surface area contributed by atoms with Crippen molar-refractivity contribution in [2.75, 3.05) is 25.1 Å². The second-order valence-electron chi connectivity index (χ2n) is 4.65. The number of methoxy groups -OCH3 is 1. The van der Waals surface area contributed by atoms with E-state index in [9.17, 15) is 9.59 Å². The maximum atomic E-state index is 11.9. The molecule has 1 rings (SSSR count). The molecule has 5 nitrogen and oxygen atoms in total. The molecule has 0 saturated heterocycles. The average molecular weight is 313 g/mol. The molecular weight excluding hydrogens is 292 g/mol. The number of amides is 2. The Morgan fingerprint density at radius 1 is 1.38 bits per heavy atom. The van der Waals surface area contributed by atoms with Crippen LogP contribution in [-0.4, -0.2) is 32.0 Å². The van der Waals surface area contributed by atoms with Gasteiger partial charge in [0.1, 0.15) is 5.75 Å². The second kappa shape index (κ2) is 7.88. The Morgan fingerprint density at radius 3 is 2.57 bits per heavy atom. The van der Waals surface area contributed by atoms with Gasteiger partial charge in [0, 0.05) is 37.5 Å². The van der Waals surface area contributed by atoms with Crippen molar-refractivity contribution in [3.63, 3.8) is 0 Å². The van der Waals surface area contributed by atoms with Crippen LogP contribution in [0.3, 0.4) is 0 Å². The van der Waals surface area contributed by atoms with Gasteiger partial charge in [0.15, 0.2) is 0 Å². The molecule has 2 amide bonds. The van der Waals surface area contributed by atoms with Gasteiger partial charge in [-0.1, -0.05) is 18.5 Å². The smallest absolute Gasteiger partial charge is 0.224 e. The van der Waals surface area contributed by atoms with Gasteiger partial charge in [-0.25, -0.2) is 0 Å². The summed E-state index contributed by atoms with van der Waals surface area (Å²) in [6, 6.07) is 3.50. The highest BCUT2D eigenvalue weighted by Crippen LogP contribution is 2.33. The molecule has 1 aromatic carbocycles. The number of halogens is 1. The molecule has 0 atom stereocenters. The molecule has 0 bridgehead atoms. The molecule has 1 aromatic rings. The lowest BCUT2D eigenvalue weighted by atomic mass is 10.2.